The summed E-state index contributed by atoms with van der Waals surface area (Å²) in [6.07, 6.45) is 4.77. The van der Waals surface area contributed by atoms with Gasteiger partial charge in [-0.15, -0.1) is 0 Å². The number of benzene rings is 2. The molecular formula is C24H23FN6O4. The summed E-state index contributed by atoms with van der Waals surface area (Å²) in [5.74, 6) is 0.107. The van der Waals surface area contributed by atoms with Gasteiger partial charge in [0.25, 0.3) is 0 Å². The van der Waals surface area contributed by atoms with E-state index in [0.717, 1.165) is 4.57 Å². The predicted molar refractivity (Wildman–Crippen MR) is 126 cm³/mol. The van der Waals surface area contributed by atoms with Gasteiger partial charge in [-0.2, -0.15) is 0 Å². The second-order valence-corrected chi connectivity index (χ2v) is 7.65. The van der Waals surface area contributed by atoms with Gasteiger partial charge in [-0.3, -0.25) is 14.3 Å². The first-order valence-corrected chi connectivity index (χ1v) is 10.8. The minimum Gasteiger partial charge on any atom is -0.456 e. The predicted octanol–water partition coefficient (Wildman–Crippen LogP) is 1.01. The first kappa shape index (κ1) is 23.5. The summed E-state index contributed by atoms with van der Waals surface area (Å²) in [6, 6.07) is 11.8. The van der Waals surface area contributed by atoms with Gasteiger partial charge in [0.2, 0.25) is 11.5 Å². The number of carbonyl (C=O) groups is 1. The van der Waals surface area contributed by atoms with Gasteiger partial charge in [0, 0.05) is 12.7 Å². The number of hydrogen-bond acceptors (Lipinski definition) is 6. The number of nitrogens with two attached hydrogens (primary N) is 1. The van der Waals surface area contributed by atoms with Crippen LogP contribution in [-0.4, -0.2) is 26.1 Å². The number of amides is 1. The molecule has 0 radical (unpaired) electrons. The van der Waals surface area contributed by atoms with Crippen molar-refractivity contribution in [2.45, 2.75) is 26.1 Å². The molecule has 1 aliphatic heterocycles. The van der Waals surface area contributed by atoms with Crippen molar-refractivity contribution in [3.05, 3.63) is 111 Å². The molecule has 1 amide bonds. The third-order valence-electron chi connectivity index (χ3n) is 5.22. The number of aromatic nitrogens is 3. The molecule has 0 spiro atoms. The molecule has 0 saturated carbocycles. The Labute approximate surface area is 198 Å². The molecule has 180 valence electrons. The summed E-state index contributed by atoms with van der Waals surface area (Å²) < 4.78 is 21.4. The molecule has 0 fully saturated rings. The van der Waals surface area contributed by atoms with Crippen LogP contribution in [0.5, 0.6) is 5.75 Å². The Bertz CT molecular complexity index is 1480. The number of allylic oxidation sites excluding steroid dienone is 1. The van der Waals surface area contributed by atoms with Crippen molar-refractivity contribution in [3.8, 4) is 5.75 Å². The van der Waals surface area contributed by atoms with Crippen LogP contribution in [0.3, 0.4) is 0 Å². The van der Waals surface area contributed by atoms with E-state index in [2.05, 4.69) is 15.3 Å². The monoisotopic (exact) mass is 478 g/mol. The van der Waals surface area contributed by atoms with Gasteiger partial charge in [-0.1, -0.05) is 12.1 Å². The lowest BCUT2D eigenvalue weighted by Crippen LogP contribution is -2.49. The highest BCUT2D eigenvalue weighted by molar-refractivity contribution is 5.82. The lowest BCUT2D eigenvalue weighted by molar-refractivity contribution is -0.118. The van der Waals surface area contributed by atoms with Crippen LogP contribution in [-0.2, 0) is 17.9 Å². The number of aromatic amines is 1. The van der Waals surface area contributed by atoms with Crippen molar-refractivity contribution < 1.29 is 13.9 Å². The van der Waals surface area contributed by atoms with Crippen LogP contribution in [0.4, 0.5) is 10.1 Å². The third kappa shape index (κ3) is 5.46. The standard InChI is InChI=1S/C24H23FN6O4/c1-2-30-23(33)29-22(31(24(30)34)14-15-3-5-16(25)6-4-15)28-17-7-9-18(10-8-17)35-19-11-12-20(21(26)32)27-13-19/h3-13,20,27H,2,14H2,1H3,(H2,26,32)(H,28,29,33). The van der Waals surface area contributed by atoms with E-state index in [1.165, 1.54) is 16.7 Å². The van der Waals surface area contributed by atoms with Crippen LogP contribution in [0.1, 0.15) is 12.5 Å². The lowest BCUT2D eigenvalue weighted by Gasteiger charge is -2.16. The molecule has 2 aromatic carbocycles. The van der Waals surface area contributed by atoms with Gasteiger partial charge >= 0.3 is 11.4 Å². The van der Waals surface area contributed by atoms with E-state index in [9.17, 15) is 18.8 Å². The van der Waals surface area contributed by atoms with Gasteiger partial charge in [-0.05, 0) is 61.0 Å². The van der Waals surface area contributed by atoms with Crippen LogP contribution in [0.2, 0.25) is 0 Å². The quantitative estimate of drug-likeness (QED) is 0.466. The van der Waals surface area contributed by atoms with Crippen molar-refractivity contribution in [1.82, 2.24) is 19.4 Å². The highest BCUT2D eigenvalue weighted by Gasteiger charge is 2.14. The number of H-pyrrole nitrogens is 1. The van der Waals surface area contributed by atoms with E-state index in [1.54, 1.807) is 61.7 Å². The number of dihydropyridines is 1. The average Bonchev–Trinajstić information content (AvgIpc) is 2.84. The van der Waals surface area contributed by atoms with Crippen LogP contribution < -0.4 is 32.8 Å². The van der Waals surface area contributed by atoms with E-state index in [4.69, 9.17) is 10.5 Å². The molecular weight excluding hydrogens is 455 g/mol. The van der Waals surface area contributed by atoms with Crippen molar-refractivity contribution in [2.24, 2.45) is 10.7 Å². The number of nitrogens with zero attached hydrogens (tertiary/aromatic N) is 3. The number of rotatable bonds is 7. The van der Waals surface area contributed by atoms with Crippen molar-refractivity contribution in [1.29, 1.82) is 0 Å². The molecule has 2 heterocycles. The van der Waals surface area contributed by atoms with Crippen molar-refractivity contribution in [2.75, 3.05) is 0 Å². The zero-order valence-corrected chi connectivity index (χ0v) is 18.8. The molecule has 3 aromatic rings. The summed E-state index contributed by atoms with van der Waals surface area (Å²) in [5.41, 5.74) is 5.33. The maximum atomic E-state index is 13.3. The Morgan fingerprint density at radius 3 is 2.43 bits per heavy atom. The minimum absolute atomic E-state index is 0.0577. The van der Waals surface area contributed by atoms with E-state index in [-0.39, 0.29) is 24.5 Å². The smallest absolute Gasteiger partial charge is 0.335 e. The largest absolute Gasteiger partial charge is 0.456 e. The van der Waals surface area contributed by atoms with Gasteiger partial charge in [0.15, 0.2) is 0 Å². The van der Waals surface area contributed by atoms with E-state index >= 15 is 0 Å². The Morgan fingerprint density at radius 2 is 1.83 bits per heavy atom. The SMILES string of the molecule is CCn1c(=O)[nH]/c(=N\c2ccc(OC3=CNC(C(N)=O)C=C3)cc2)n(Cc2ccc(F)cc2)c1=O. The van der Waals surface area contributed by atoms with Crippen LogP contribution in [0, 0.1) is 5.82 Å². The molecule has 11 heteroatoms. The Hall–Kier alpha value is -4.67. The van der Waals surface area contributed by atoms with E-state index in [0.29, 0.717) is 22.8 Å². The first-order valence-electron chi connectivity index (χ1n) is 10.8. The summed E-state index contributed by atoms with van der Waals surface area (Å²) in [7, 11) is 0. The van der Waals surface area contributed by atoms with Crippen LogP contribution in [0.25, 0.3) is 0 Å². The fourth-order valence-corrected chi connectivity index (χ4v) is 3.39. The maximum absolute atomic E-state index is 13.3. The van der Waals surface area contributed by atoms with Crippen LogP contribution in [0.15, 0.2) is 87.2 Å². The highest BCUT2D eigenvalue weighted by atomic mass is 19.1. The van der Waals surface area contributed by atoms with E-state index < -0.39 is 23.3 Å². The molecule has 1 aromatic heterocycles. The minimum atomic E-state index is -0.588. The number of ether oxygens (including phenoxy) is 1. The Kier molecular flexibility index (Phi) is 6.76. The average molecular weight is 478 g/mol. The molecule has 4 N–H and O–H groups in total. The number of halogens is 1. The molecule has 1 atom stereocenters. The Morgan fingerprint density at radius 1 is 1.11 bits per heavy atom. The summed E-state index contributed by atoms with van der Waals surface area (Å²) >= 11 is 0. The number of primary amides is 1. The lowest BCUT2D eigenvalue weighted by atomic mass is 10.2. The number of carbonyl (C=O) groups excluding carboxylic acids is 1. The van der Waals surface area contributed by atoms with Crippen LogP contribution >= 0.6 is 0 Å². The fraction of sp³-hybridized carbons (Fsp3) is 0.167. The van der Waals surface area contributed by atoms with Crippen molar-refractivity contribution in [3.63, 3.8) is 0 Å². The molecule has 0 saturated heterocycles. The summed E-state index contributed by atoms with van der Waals surface area (Å²) in [6.45, 7) is 1.97. The van der Waals surface area contributed by atoms with Crippen molar-refractivity contribution >= 4 is 11.6 Å². The number of hydrogen-bond donors (Lipinski definition) is 3. The molecule has 1 aliphatic rings. The van der Waals surface area contributed by atoms with E-state index in [1.807, 2.05) is 0 Å². The molecule has 4 rings (SSSR count). The third-order valence-corrected chi connectivity index (χ3v) is 5.22. The first-order chi connectivity index (χ1) is 16.8. The second kappa shape index (κ2) is 10.1. The maximum Gasteiger partial charge on any atom is 0.335 e. The zero-order chi connectivity index (χ0) is 24.9. The molecule has 0 bridgehead atoms. The fourth-order valence-electron chi connectivity index (χ4n) is 3.39. The van der Waals surface area contributed by atoms with Gasteiger partial charge in [0.05, 0.1) is 12.2 Å². The summed E-state index contributed by atoms with van der Waals surface area (Å²) in [4.78, 5) is 43.6. The zero-order valence-electron chi connectivity index (χ0n) is 18.8. The second-order valence-electron chi connectivity index (χ2n) is 7.65. The normalized spacial score (nSPS) is 15.4. The van der Waals surface area contributed by atoms with Gasteiger partial charge in [-0.25, -0.2) is 23.5 Å². The molecule has 0 aliphatic carbocycles. The Balaban J connectivity index is 1.63. The van der Waals surface area contributed by atoms with Gasteiger partial charge < -0.3 is 15.8 Å². The van der Waals surface area contributed by atoms with Gasteiger partial charge in [0.1, 0.15) is 23.4 Å². The molecule has 10 nitrogen and oxygen atoms in total. The molecule has 35 heavy (non-hydrogen) atoms. The molecule has 1 unspecified atom stereocenters. The summed E-state index contributed by atoms with van der Waals surface area (Å²) in [5, 5.41) is 2.83. The topological polar surface area (TPSA) is 136 Å². The number of nitrogens with one attached hydrogen (secondary N) is 2. The highest BCUT2D eigenvalue weighted by Crippen LogP contribution is 2.20.